The molecule has 0 aliphatic carbocycles. The summed E-state index contributed by atoms with van der Waals surface area (Å²) in [7, 11) is 0. The summed E-state index contributed by atoms with van der Waals surface area (Å²) in [6.45, 7) is -2.16. The van der Waals surface area contributed by atoms with E-state index in [9.17, 15) is 9.59 Å². The standard InChI is InChI=1S/C6H11N3O5/c10-1-6(2-11,3-12)9-4(13)7-8-5(9)14/h10-12H,1-3H2,(H,7,13)(H,8,14). The molecule has 0 amide bonds. The summed E-state index contributed by atoms with van der Waals surface area (Å²) in [5.74, 6) is 0. The first-order valence-electron chi connectivity index (χ1n) is 3.84. The summed E-state index contributed by atoms with van der Waals surface area (Å²) in [5.41, 5.74) is -3.33. The Bertz CT molecular complexity index is 362. The first kappa shape index (κ1) is 10.7. The van der Waals surface area contributed by atoms with Crippen LogP contribution < -0.4 is 11.4 Å². The second-order valence-electron chi connectivity index (χ2n) is 2.89. The van der Waals surface area contributed by atoms with E-state index < -0.39 is 36.7 Å². The van der Waals surface area contributed by atoms with Gasteiger partial charge in [0.05, 0.1) is 19.8 Å². The Morgan fingerprint density at radius 3 is 1.64 bits per heavy atom. The molecular weight excluding hydrogens is 194 g/mol. The zero-order chi connectivity index (χ0) is 10.8. The van der Waals surface area contributed by atoms with Gasteiger partial charge in [0.1, 0.15) is 5.54 Å². The van der Waals surface area contributed by atoms with E-state index in [4.69, 9.17) is 15.3 Å². The molecule has 8 nitrogen and oxygen atoms in total. The normalized spacial score (nSPS) is 11.9. The fraction of sp³-hybridized carbons (Fsp3) is 0.667. The molecule has 0 bridgehead atoms. The van der Waals surface area contributed by atoms with E-state index in [0.29, 0.717) is 4.57 Å². The number of hydrogen-bond donors (Lipinski definition) is 5. The van der Waals surface area contributed by atoms with Crippen molar-refractivity contribution in [1.82, 2.24) is 14.8 Å². The molecule has 0 saturated heterocycles. The number of rotatable bonds is 4. The van der Waals surface area contributed by atoms with Gasteiger partial charge in [-0.1, -0.05) is 0 Å². The van der Waals surface area contributed by atoms with E-state index >= 15 is 0 Å². The number of aromatic nitrogens is 3. The van der Waals surface area contributed by atoms with Crippen molar-refractivity contribution in [2.24, 2.45) is 0 Å². The number of nitrogens with zero attached hydrogens (tertiary/aromatic N) is 1. The highest BCUT2D eigenvalue weighted by atomic mass is 16.3. The van der Waals surface area contributed by atoms with Crippen molar-refractivity contribution in [2.75, 3.05) is 19.8 Å². The Labute approximate surface area is 77.4 Å². The van der Waals surface area contributed by atoms with Gasteiger partial charge in [-0.3, -0.25) is 0 Å². The van der Waals surface area contributed by atoms with Crippen molar-refractivity contribution in [3.8, 4) is 0 Å². The summed E-state index contributed by atoms with van der Waals surface area (Å²) in [4.78, 5) is 22.2. The van der Waals surface area contributed by atoms with Gasteiger partial charge in [0.15, 0.2) is 0 Å². The van der Waals surface area contributed by atoms with E-state index in [2.05, 4.69) is 0 Å². The Kier molecular flexibility index (Phi) is 2.89. The van der Waals surface area contributed by atoms with Crippen molar-refractivity contribution in [1.29, 1.82) is 0 Å². The van der Waals surface area contributed by atoms with Gasteiger partial charge in [0, 0.05) is 0 Å². The minimum Gasteiger partial charge on any atom is -0.394 e. The molecule has 0 saturated carbocycles. The molecule has 1 aromatic heterocycles. The molecule has 0 radical (unpaired) electrons. The molecule has 1 heterocycles. The van der Waals surface area contributed by atoms with Crippen molar-refractivity contribution < 1.29 is 15.3 Å². The molecule has 0 spiro atoms. The van der Waals surface area contributed by atoms with E-state index in [0.717, 1.165) is 0 Å². The second kappa shape index (κ2) is 3.78. The van der Waals surface area contributed by atoms with Crippen molar-refractivity contribution >= 4 is 0 Å². The molecular formula is C6H11N3O5. The number of H-pyrrole nitrogens is 2. The minimum atomic E-state index is -1.68. The number of aliphatic hydroxyl groups is 3. The van der Waals surface area contributed by atoms with Gasteiger partial charge in [0.25, 0.3) is 0 Å². The number of aliphatic hydroxyl groups excluding tert-OH is 3. The summed E-state index contributed by atoms with van der Waals surface area (Å²) in [6, 6.07) is 0. The minimum absolute atomic E-state index is 0.549. The van der Waals surface area contributed by atoms with Gasteiger partial charge in [0.2, 0.25) is 0 Å². The third-order valence-corrected chi connectivity index (χ3v) is 2.04. The van der Waals surface area contributed by atoms with Gasteiger partial charge < -0.3 is 15.3 Å². The van der Waals surface area contributed by atoms with Crippen LogP contribution >= 0.6 is 0 Å². The lowest BCUT2D eigenvalue weighted by Gasteiger charge is -2.26. The fourth-order valence-corrected chi connectivity index (χ4v) is 1.10. The van der Waals surface area contributed by atoms with Gasteiger partial charge in [-0.2, -0.15) is 0 Å². The lowest BCUT2D eigenvalue weighted by Crippen LogP contribution is -2.53. The van der Waals surface area contributed by atoms with Gasteiger partial charge >= 0.3 is 11.4 Å². The predicted octanol–water partition coefficient (Wildman–Crippen LogP) is -3.46. The largest absolute Gasteiger partial charge is 0.394 e. The van der Waals surface area contributed by atoms with Crippen LogP contribution in [0.3, 0.4) is 0 Å². The maximum atomic E-state index is 11.1. The molecule has 14 heavy (non-hydrogen) atoms. The number of hydrogen-bond acceptors (Lipinski definition) is 5. The molecule has 0 aromatic carbocycles. The van der Waals surface area contributed by atoms with Crippen LogP contribution in [0.5, 0.6) is 0 Å². The van der Waals surface area contributed by atoms with Crippen molar-refractivity contribution in [3.05, 3.63) is 21.0 Å². The average molecular weight is 205 g/mol. The first-order chi connectivity index (χ1) is 6.61. The van der Waals surface area contributed by atoms with E-state index in [1.165, 1.54) is 0 Å². The van der Waals surface area contributed by atoms with Crippen LogP contribution in [0.1, 0.15) is 0 Å². The highest BCUT2D eigenvalue weighted by Crippen LogP contribution is 2.08. The highest BCUT2D eigenvalue weighted by Gasteiger charge is 2.34. The fourth-order valence-electron chi connectivity index (χ4n) is 1.10. The maximum Gasteiger partial charge on any atom is 0.345 e. The second-order valence-corrected chi connectivity index (χ2v) is 2.89. The monoisotopic (exact) mass is 205 g/mol. The Morgan fingerprint density at radius 2 is 1.36 bits per heavy atom. The van der Waals surface area contributed by atoms with E-state index in [-0.39, 0.29) is 0 Å². The Balaban J connectivity index is 3.38. The summed E-state index contributed by atoms with van der Waals surface area (Å²) < 4.78 is 0.549. The third kappa shape index (κ3) is 1.39. The summed E-state index contributed by atoms with van der Waals surface area (Å²) in [5, 5.41) is 30.8. The molecule has 80 valence electrons. The molecule has 1 aromatic rings. The summed E-state index contributed by atoms with van der Waals surface area (Å²) >= 11 is 0. The van der Waals surface area contributed by atoms with Gasteiger partial charge in [-0.25, -0.2) is 24.4 Å². The van der Waals surface area contributed by atoms with Crippen LogP contribution in [-0.2, 0) is 5.54 Å². The zero-order valence-electron chi connectivity index (χ0n) is 7.23. The van der Waals surface area contributed by atoms with Crippen molar-refractivity contribution in [3.63, 3.8) is 0 Å². The molecule has 5 N–H and O–H groups in total. The van der Waals surface area contributed by atoms with E-state index in [1.54, 1.807) is 0 Å². The van der Waals surface area contributed by atoms with Crippen LogP contribution in [0.4, 0.5) is 0 Å². The molecule has 0 atom stereocenters. The van der Waals surface area contributed by atoms with Crippen LogP contribution in [0.15, 0.2) is 9.59 Å². The van der Waals surface area contributed by atoms with Crippen LogP contribution in [-0.4, -0.2) is 49.9 Å². The topological polar surface area (TPSA) is 131 Å². The Hall–Kier alpha value is -1.38. The zero-order valence-corrected chi connectivity index (χ0v) is 7.23. The number of aromatic amines is 2. The molecule has 1 rings (SSSR count). The van der Waals surface area contributed by atoms with Gasteiger partial charge in [-0.05, 0) is 0 Å². The van der Waals surface area contributed by atoms with Crippen LogP contribution in [0.25, 0.3) is 0 Å². The molecule has 8 heteroatoms. The Morgan fingerprint density at radius 1 is 1.00 bits per heavy atom. The van der Waals surface area contributed by atoms with E-state index in [1.807, 2.05) is 10.2 Å². The first-order valence-corrected chi connectivity index (χ1v) is 3.84. The predicted molar refractivity (Wildman–Crippen MR) is 44.9 cm³/mol. The van der Waals surface area contributed by atoms with Crippen molar-refractivity contribution in [2.45, 2.75) is 5.54 Å². The van der Waals surface area contributed by atoms with Gasteiger partial charge in [-0.15, -0.1) is 0 Å². The van der Waals surface area contributed by atoms with Crippen LogP contribution in [0, 0.1) is 0 Å². The third-order valence-electron chi connectivity index (χ3n) is 2.04. The maximum absolute atomic E-state index is 11.1. The molecule has 0 aliphatic heterocycles. The molecule has 0 aliphatic rings. The number of nitrogens with one attached hydrogen (secondary N) is 2. The molecule has 0 fully saturated rings. The lowest BCUT2D eigenvalue weighted by molar-refractivity contribution is 0.0108. The average Bonchev–Trinajstić information content (AvgIpc) is 2.53. The molecule has 0 unspecified atom stereocenters. The SMILES string of the molecule is O=c1[nH][nH]c(=O)n1C(CO)(CO)CO. The highest BCUT2D eigenvalue weighted by molar-refractivity contribution is 4.88. The lowest BCUT2D eigenvalue weighted by atomic mass is 10.0. The summed E-state index contributed by atoms with van der Waals surface area (Å²) in [6.07, 6.45) is 0. The quantitative estimate of drug-likeness (QED) is 0.348. The smallest absolute Gasteiger partial charge is 0.345 e. The van der Waals surface area contributed by atoms with Crippen LogP contribution in [0.2, 0.25) is 0 Å².